The fourth-order valence-electron chi connectivity index (χ4n) is 3.66. The highest BCUT2D eigenvalue weighted by Crippen LogP contribution is 2.35. The monoisotopic (exact) mass is 373 g/mol. The number of esters is 1. The number of nitrogens with zero attached hydrogens (tertiary/aromatic N) is 3. The third kappa shape index (κ3) is 2.87. The zero-order valence-corrected chi connectivity index (χ0v) is 16.3. The highest BCUT2D eigenvalue weighted by Gasteiger charge is 2.29. The second-order valence-electron chi connectivity index (χ2n) is 6.84. The van der Waals surface area contributed by atoms with Crippen molar-refractivity contribution in [3.05, 3.63) is 39.9 Å². The Hall–Kier alpha value is -2.83. The summed E-state index contributed by atoms with van der Waals surface area (Å²) < 4.78 is 22.4. The minimum Gasteiger partial charge on any atom is -0.465 e. The molecule has 27 heavy (non-hydrogen) atoms. The van der Waals surface area contributed by atoms with Crippen LogP contribution in [0.2, 0.25) is 0 Å². The maximum absolute atomic E-state index is 14.1. The van der Waals surface area contributed by atoms with Crippen LogP contribution >= 0.6 is 0 Å². The average molecular weight is 373 g/mol. The summed E-state index contributed by atoms with van der Waals surface area (Å²) in [4.78, 5) is 27.6. The van der Waals surface area contributed by atoms with Crippen molar-refractivity contribution < 1.29 is 13.9 Å². The van der Waals surface area contributed by atoms with E-state index < -0.39 is 11.8 Å². The van der Waals surface area contributed by atoms with E-state index in [2.05, 4.69) is 6.92 Å². The first-order chi connectivity index (χ1) is 12.8. The van der Waals surface area contributed by atoms with Gasteiger partial charge in [0.15, 0.2) is 0 Å². The third-order valence-electron chi connectivity index (χ3n) is 4.88. The average Bonchev–Trinajstić information content (AvgIpc) is 2.99. The summed E-state index contributed by atoms with van der Waals surface area (Å²) in [6.45, 7) is 2.68. The van der Waals surface area contributed by atoms with E-state index in [9.17, 15) is 14.0 Å². The molecule has 0 saturated heterocycles. The standard InChI is InChI=1S/C20H24FN3O3/c1-6-7-10-24-17-13-11-12(21)8-9-14(13)23(4)19(25)15(17)16(20(26)27-5)18(24)22(2)3/h8-9,11H,6-7,10H2,1-5H3. The lowest BCUT2D eigenvalue weighted by Gasteiger charge is -2.18. The third-order valence-corrected chi connectivity index (χ3v) is 4.88. The molecule has 3 rings (SSSR count). The van der Waals surface area contributed by atoms with Gasteiger partial charge in [0.2, 0.25) is 0 Å². The maximum atomic E-state index is 14.1. The number of unbranched alkanes of at least 4 members (excludes halogenated alkanes) is 1. The number of hydrogen-bond acceptors (Lipinski definition) is 4. The Balaban J connectivity index is 2.65. The van der Waals surface area contributed by atoms with Gasteiger partial charge in [0.05, 0.1) is 23.5 Å². The molecule has 2 heterocycles. The Labute approximate surface area is 156 Å². The van der Waals surface area contributed by atoms with E-state index in [-0.39, 0.29) is 16.5 Å². The van der Waals surface area contributed by atoms with Crippen molar-refractivity contribution in [2.45, 2.75) is 26.3 Å². The van der Waals surface area contributed by atoms with Gasteiger partial charge in [-0.3, -0.25) is 4.79 Å². The van der Waals surface area contributed by atoms with Crippen LogP contribution in [0.15, 0.2) is 23.0 Å². The first-order valence-electron chi connectivity index (χ1n) is 8.93. The van der Waals surface area contributed by atoms with Crippen LogP contribution in [0.4, 0.5) is 10.2 Å². The fourth-order valence-corrected chi connectivity index (χ4v) is 3.66. The first kappa shape index (κ1) is 18.9. The number of hydrogen-bond donors (Lipinski definition) is 0. The lowest BCUT2D eigenvalue weighted by molar-refractivity contribution is 0.0603. The fraction of sp³-hybridized carbons (Fsp3) is 0.400. The lowest BCUT2D eigenvalue weighted by atomic mass is 10.1. The zero-order chi connectivity index (χ0) is 19.9. The van der Waals surface area contributed by atoms with Crippen LogP contribution in [0.5, 0.6) is 0 Å². The summed E-state index contributed by atoms with van der Waals surface area (Å²) in [5.74, 6) is -0.373. The summed E-state index contributed by atoms with van der Waals surface area (Å²) in [6.07, 6.45) is 1.80. The molecule has 0 atom stereocenters. The number of rotatable bonds is 5. The molecule has 0 amide bonds. The number of halogens is 1. The summed E-state index contributed by atoms with van der Waals surface area (Å²) in [5.41, 5.74) is 1.11. The highest BCUT2D eigenvalue weighted by molar-refractivity contribution is 6.16. The van der Waals surface area contributed by atoms with Gasteiger partial charge in [0.25, 0.3) is 5.56 Å². The molecule has 0 radical (unpaired) electrons. The minimum atomic E-state index is -0.577. The Morgan fingerprint density at radius 1 is 1.30 bits per heavy atom. The van der Waals surface area contributed by atoms with Crippen molar-refractivity contribution in [2.24, 2.45) is 7.05 Å². The van der Waals surface area contributed by atoms with E-state index in [1.54, 1.807) is 18.0 Å². The summed E-state index contributed by atoms with van der Waals surface area (Å²) in [7, 11) is 6.55. The summed E-state index contributed by atoms with van der Waals surface area (Å²) >= 11 is 0. The number of fused-ring (bicyclic) bond motifs is 3. The van der Waals surface area contributed by atoms with Gasteiger partial charge in [-0.25, -0.2) is 9.18 Å². The molecule has 3 aromatic rings. The van der Waals surface area contributed by atoms with Crippen molar-refractivity contribution in [1.82, 2.24) is 9.13 Å². The predicted octanol–water partition coefficient (Wildman–Crippen LogP) is 3.29. The first-order valence-corrected chi connectivity index (χ1v) is 8.93. The molecule has 6 nitrogen and oxygen atoms in total. The lowest BCUT2D eigenvalue weighted by Crippen LogP contribution is -2.20. The van der Waals surface area contributed by atoms with Gasteiger partial charge < -0.3 is 18.8 Å². The van der Waals surface area contributed by atoms with Crippen LogP contribution in [0.25, 0.3) is 21.8 Å². The topological polar surface area (TPSA) is 56.5 Å². The number of ether oxygens (including phenoxy) is 1. The molecule has 0 N–H and O–H groups in total. The molecular formula is C20H24FN3O3. The number of pyridine rings is 1. The molecule has 0 fully saturated rings. The van der Waals surface area contributed by atoms with Crippen LogP contribution in [-0.2, 0) is 18.3 Å². The zero-order valence-electron chi connectivity index (χ0n) is 16.3. The van der Waals surface area contributed by atoms with E-state index in [1.807, 2.05) is 18.7 Å². The number of aromatic nitrogens is 2. The molecule has 0 aliphatic heterocycles. The van der Waals surface area contributed by atoms with E-state index >= 15 is 0 Å². The molecule has 7 heteroatoms. The van der Waals surface area contributed by atoms with Crippen molar-refractivity contribution in [2.75, 3.05) is 26.1 Å². The second-order valence-corrected chi connectivity index (χ2v) is 6.84. The van der Waals surface area contributed by atoms with Gasteiger partial charge in [-0.1, -0.05) is 13.3 Å². The summed E-state index contributed by atoms with van der Waals surface area (Å²) in [6, 6.07) is 4.34. The number of anilines is 1. The van der Waals surface area contributed by atoms with Gasteiger partial charge in [0.1, 0.15) is 17.2 Å². The van der Waals surface area contributed by atoms with Gasteiger partial charge in [-0.05, 0) is 24.6 Å². The Morgan fingerprint density at radius 2 is 2.00 bits per heavy atom. The largest absolute Gasteiger partial charge is 0.465 e. The predicted molar refractivity (Wildman–Crippen MR) is 105 cm³/mol. The number of carbonyl (C=O) groups excluding carboxylic acids is 1. The summed E-state index contributed by atoms with van der Waals surface area (Å²) in [5, 5.41) is 0.865. The quantitative estimate of drug-likeness (QED) is 0.644. The van der Waals surface area contributed by atoms with Gasteiger partial charge in [-0.2, -0.15) is 0 Å². The Kier molecular flexibility index (Phi) is 4.95. The SMILES string of the molecule is CCCCn1c(N(C)C)c(C(=O)OC)c2c(=O)n(C)c3ccc(F)cc3c21. The molecule has 2 aromatic heterocycles. The Bertz CT molecular complexity index is 1100. The number of methoxy groups -OCH3 is 1. The van der Waals surface area contributed by atoms with Gasteiger partial charge >= 0.3 is 5.97 Å². The van der Waals surface area contributed by atoms with E-state index in [0.29, 0.717) is 28.8 Å². The number of carbonyl (C=O) groups is 1. The number of benzene rings is 1. The molecule has 0 aliphatic rings. The second kappa shape index (κ2) is 7.06. The van der Waals surface area contributed by atoms with Crippen LogP contribution in [0.3, 0.4) is 0 Å². The maximum Gasteiger partial charge on any atom is 0.342 e. The van der Waals surface area contributed by atoms with E-state index in [1.165, 1.54) is 23.8 Å². The molecule has 144 valence electrons. The van der Waals surface area contributed by atoms with Crippen molar-refractivity contribution in [3.8, 4) is 0 Å². The van der Waals surface area contributed by atoms with Gasteiger partial charge in [-0.15, -0.1) is 0 Å². The normalized spacial score (nSPS) is 11.3. The van der Waals surface area contributed by atoms with E-state index in [0.717, 1.165) is 12.8 Å². The molecule has 0 bridgehead atoms. The highest BCUT2D eigenvalue weighted by atomic mass is 19.1. The van der Waals surface area contributed by atoms with Crippen LogP contribution in [0, 0.1) is 5.82 Å². The molecule has 0 unspecified atom stereocenters. The minimum absolute atomic E-state index is 0.223. The smallest absolute Gasteiger partial charge is 0.342 e. The van der Waals surface area contributed by atoms with Crippen molar-refractivity contribution >= 4 is 33.6 Å². The van der Waals surface area contributed by atoms with Gasteiger partial charge in [0, 0.05) is 33.1 Å². The molecule has 0 saturated carbocycles. The van der Waals surface area contributed by atoms with Crippen LogP contribution in [-0.4, -0.2) is 36.3 Å². The molecular weight excluding hydrogens is 349 g/mol. The van der Waals surface area contributed by atoms with Crippen LogP contribution < -0.4 is 10.5 Å². The Morgan fingerprint density at radius 3 is 2.59 bits per heavy atom. The molecule has 1 aromatic carbocycles. The van der Waals surface area contributed by atoms with Crippen molar-refractivity contribution in [3.63, 3.8) is 0 Å². The molecule has 0 spiro atoms. The van der Waals surface area contributed by atoms with E-state index in [4.69, 9.17) is 4.74 Å². The van der Waals surface area contributed by atoms with Crippen LogP contribution in [0.1, 0.15) is 30.1 Å². The number of aryl methyl sites for hydroxylation is 2. The van der Waals surface area contributed by atoms with Crippen molar-refractivity contribution in [1.29, 1.82) is 0 Å². The molecule has 0 aliphatic carbocycles.